The maximum Gasteiger partial charge on any atom is 0.270 e. The Morgan fingerprint density at radius 2 is 1.96 bits per heavy atom. The SMILES string of the molecule is CCCN1C(=O)[C@](O)(CC(=O)c2cccc([N+](=O)[O-])c2)c2ccccc21. The molecule has 0 radical (unpaired) electrons. The molecule has 2 aromatic carbocycles. The van der Waals surface area contributed by atoms with Crippen molar-refractivity contribution in [2.24, 2.45) is 0 Å². The molecule has 0 aliphatic carbocycles. The molecule has 1 N–H and O–H groups in total. The molecule has 7 nitrogen and oxygen atoms in total. The van der Waals surface area contributed by atoms with E-state index in [0.29, 0.717) is 24.2 Å². The molecule has 0 unspecified atom stereocenters. The number of non-ortho nitro benzene ring substituents is 1. The molecule has 0 fully saturated rings. The highest BCUT2D eigenvalue weighted by atomic mass is 16.6. The maximum absolute atomic E-state index is 12.8. The van der Waals surface area contributed by atoms with Gasteiger partial charge in [-0.3, -0.25) is 19.7 Å². The normalized spacial score (nSPS) is 18.7. The minimum absolute atomic E-state index is 0.0897. The fourth-order valence-electron chi connectivity index (χ4n) is 3.25. The first-order valence-corrected chi connectivity index (χ1v) is 8.30. The number of amides is 1. The zero-order chi connectivity index (χ0) is 18.9. The van der Waals surface area contributed by atoms with Crippen LogP contribution >= 0.6 is 0 Å². The molecular weight excluding hydrogens is 336 g/mol. The molecule has 134 valence electrons. The topological polar surface area (TPSA) is 101 Å². The van der Waals surface area contributed by atoms with Crippen molar-refractivity contribution in [1.82, 2.24) is 0 Å². The number of aliphatic hydroxyl groups is 1. The summed E-state index contributed by atoms with van der Waals surface area (Å²) >= 11 is 0. The predicted octanol–water partition coefficient (Wildman–Crippen LogP) is 2.81. The van der Waals surface area contributed by atoms with Crippen molar-refractivity contribution in [2.45, 2.75) is 25.4 Å². The molecule has 0 aromatic heterocycles. The van der Waals surface area contributed by atoms with Gasteiger partial charge in [0.25, 0.3) is 11.6 Å². The lowest BCUT2D eigenvalue weighted by atomic mass is 9.88. The van der Waals surface area contributed by atoms with Crippen molar-refractivity contribution in [3.8, 4) is 0 Å². The smallest absolute Gasteiger partial charge is 0.270 e. The second-order valence-electron chi connectivity index (χ2n) is 6.24. The molecule has 1 aliphatic heterocycles. The van der Waals surface area contributed by atoms with Gasteiger partial charge in [-0.2, -0.15) is 0 Å². The molecule has 1 heterocycles. The first-order valence-electron chi connectivity index (χ1n) is 8.30. The number of Topliss-reactive ketones (excluding diaryl/α,β-unsaturated/α-hetero) is 1. The Hall–Kier alpha value is -3.06. The number of benzene rings is 2. The standard InChI is InChI=1S/C19H18N2O5/c1-2-10-20-16-9-4-3-8-15(16)19(24,18(20)23)12-17(22)13-6-5-7-14(11-13)21(25)26/h3-9,11,24H,2,10,12H2,1H3/t19-/m0/s1. The van der Waals surface area contributed by atoms with Crippen molar-refractivity contribution in [2.75, 3.05) is 11.4 Å². The monoisotopic (exact) mass is 354 g/mol. The zero-order valence-electron chi connectivity index (χ0n) is 14.2. The average molecular weight is 354 g/mol. The van der Waals surface area contributed by atoms with Crippen molar-refractivity contribution in [3.63, 3.8) is 0 Å². The van der Waals surface area contributed by atoms with Crippen LogP contribution in [0.25, 0.3) is 0 Å². The summed E-state index contributed by atoms with van der Waals surface area (Å²) in [7, 11) is 0. The molecule has 0 saturated heterocycles. The second kappa shape index (κ2) is 6.68. The van der Waals surface area contributed by atoms with E-state index in [9.17, 15) is 24.8 Å². The molecule has 1 amide bonds. The van der Waals surface area contributed by atoms with Crippen LogP contribution in [0.5, 0.6) is 0 Å². The number of hydrogen-bond acceptors (Lipinski definition) is 5. The summed E-state index contributed by atoms with van der Waals surface area (Å²) < 4.78 is 0. The van der Waals surface area contributed by atoms with Crippen molar-refractivity contribution in [1.29, 1.82) is 0 Å². The third-order valence-corrected chi connectivity index (χ3v) is 4.48. The summed E-state index contributed by atoms with van der Waals surface area (Å²) in [6.07, 6.45) is 0.235. The van der Waals surface area contributed by atoms with Gasteiger partial charge in [-0.15, -0.1) is 0 Å². The number of nitrogens with zero attached hydrogens (tertiary/aromatic N) is 2. The summed E-state index contributed by atoms with van der Waals surface area (Å²) in [5.41, 5.74) is -1.11. The van der Waals surface area contributed by atoms with Crippen LogP contribution in [-0.4, -0.2) is 28.3 Å². The van der Waals surface area contributed by atoms with Gasteiger partial charge in [0.2, 0.25) is 0 Å². The van der Waals surface area contributed by atoms with Crippen molar-refractivity contribution >= 4 is 23.1 Å². The van der Waals surface area contributed by atoms with Crippen LogP contribution in [0.2, 0.25) is 0 Å². The minimum Gasteiger partial charge on any atom is -0.375 e. The van der Waals surface area contributed by atoms with Crippen molar-refractivity contribution < 1.29 is 19.6 Å². The molecule has 3 rings (SSSR count). The van der Waals surface area contributed by atoms with E-state index in [4.69, 9.17) is 0 Å². The molecule has 1 aliphatic rings. The number of ketones is 1. The second-order valence-corrected chi connectivity index (χ2v) is 6.24. The number of nitro groups is 1. The van der Waals surface area contributed by atoms with E-state index in [2.05, 4.69) is 0 Å². The molecule has 0 bridgehead atoms. The highest BCUT2D eigenvalue weighted by molar-refractivity contribution is 6.10. The van der Waals surface area contributed by atoms with Crippen LogP contribution in [0.3, 0.4) is 0 Å². The number of hydrogen-bond donors (Lipinski definition) is 1. The number of rotatable bonds is 6. The molecule has 0 spiro atoms. The lowest BCUT2D eigenvalue weighted by molar-refractivity contribution is -0.384. The van der Waals surface area contributed by atoms with Crippen LogP contribution in [0, 0.1) is 10.1 Å². The predicted molar refractivity (Wildman–Crippen MR) is 95.0 cm³/mol. The van der Waals surface area contributed by atoms with E-state index < -0.39 is 28.6 Å². The number of carbonyl (C=O) groups is 2. The molecular formula is C19H18N2O5. The lowest BCUT2D eigenvalue weighted by Crippen LogP contribution is -2.42. The molecule has 7 heteroatoms. The minimum atomic E-state index is -1.96. The van der Waals surface area contributed by atoms with Gasteiger partial charge in [0, 0.05) is 29.8 Å². The van der Waals surface area contributed by atoms with Gasteiger partial charge in [-0.1, -0.05) is 37.3 Å². The van der Waals surface area contributed by atoms with Gasteiger partial charge >= 0.3 is 0 Å². The van der Waals surface area contributed by atoms with Gasteiger partial charge in [0.1, 0.15) is 0 Å². The van der Waals surface area contributed by atoms with E-state index in [-0.39, 0.29) is 11.3 Å². The van der Waals surface area contributed by atoms with E-state index >= 15 is 0 Å². The van der Waals surface area contributed by atoms with Crippen LogP contribution in [0.4, 0.5) is 11.4 Å². The van der Waals surface area contributed by atoms with Gasteiger partial charge in [0.05, 0.1) is 17.0 Å². The number of anilines is 1. The van der Waals surface area contributed by atoms with Crippen LogP contribution in [-0.2, 0) is 10.4 Å². The summed E-state index contributed by atoms with van der Waals surface area (Å²) in [5, 5.41) is 22.0. The first-order chi connectivity index (χ1) is 12.4. The van der Waals surface area contributed by atoms with Crippen molar-refractivity contribution in [3.05, 3.63) is 69.8 Å². The maximum atomic E-state index is 12.8. The van der Waals surface area contributed by atoms with Crippen LogP contribution in [0.1, 0.15) is 35.7 Å². The number of nitro benzene ring substituents is 1. The van der Waals surface area contributed by atoms with Crippen LogP contribution < -0.4 is 4.90 Å². The van der Waals surface area contributed by atoms with E-state index in [1.54, 1.807) is 24.3 Å². The Balaban J connectivity index is 1.96. The molecule has 26 heavy (non-hydrogen) atoms. The van der Waals surface area contributed by atoms with Gasteiger partial charge < -0.3 is 10.0 Å². The summed E-state index contributed by atoms with van der Waals surface area (Å²) in [6, 6.07) is 12.1. The summed E-state index contributed by atoms with van der Waals surface area (Å²) in [4.78, 5) is 37.3. The number of para-hydroxylation sites is 1. The Kier molecular flexibility index (Phi) is 4.56. The van der Waals surface area contributed by atoms with Gasteiger partial charge in [0.15, 0.2) is 11.4 Å². The fourth-order valence-corrected chi connectivity index (χ4v) is 3.25. The zero-order valence-corrected chi connectivity index (χ0v) is 14.2. The average Bonchev–Trinajstić information content (AvgIpc) is 2.84. The third kappa shape index (κ3) is 2.86. The Bertz CT molecular complexity index is 895. The van der Waals surface area contributed by atoms with Gasteiger partial charge in [-0.05, 0) is 12.5 Å². The van der Waals surface area contributed by atoms with E-state index in [1.165, 1.54) is 23.1 Å². The molecule has 0 saturated carbocycles. The van der Waals surface area contributed by atoms with Crippen LogP contribution in [0.15, 0.2) is 48.5 Å². The Labute approximate surface area is 150 Å². The molecule has 1 atom stereocenters. The largest absolute Gasteiger partial charge is 0.375 e. The highest BCUT2D eigenvalue weighted by Crippen LogP contribution is 2.42. The first kappa shape index (κ1) is 17.8. The highest BCUT2D eigenvalue weighted by Gasteiger charge is 2.50. The number of fused-ring (bicyclic) bond motifs is 1. The van der Waals surface area contributed by atoms with E-state index in [1.807, 2.05) is 6.92 Å². The quantitative estimate of drug-likeness (QED) is 0.488. The number of carbonyl (C=O) groups excluding carboxylic acids is 2. The lowest BCUT2D eigenvalue weighted by Gasteiger charge is -2.22. The Morgan fingerprint density at radius 3 is 2.65 bits per heavy atom. The van der Waals surface area contributed by atoms with Gasteiger partial charge in [-0.25, -0.2) is 0 Å². The molecule has 2 aromatic rings. The summed E-state index contributed by atoms with van der Waals surface area (Å²) in [5.74, 6) is -1.07. The Morgan fingerprint density at radius 1 is 1.23 bits per heavy atom. The third-order valence-electron chi connectivity index (χ3n) is 4.48. The van der Waals surface area contributed by atoms with E-state index in [0.717, 1.165) is 6.07 Å². The fraction of sp³-hybridized carbons (Fsp3) is 0.263. The summed E-state index contributed by atoms with van der Waals surface area (Å²) in [6.45, 7) is 2.35.